The number of hydrogen-bond acceptors (Lipinski definition) is 2. The van der Waals surface area contributed by atoms with E-state index in [1.54, 1.807) is 6.07 Å². The van der Waals surface area contributed by atoms with Crippen molar-refractivity contribution < 1.29 is 14.3 Å². The van der Waals surface area contributed by atoms with E-state index in [1.165, 1.54) is 6.07 Å². The lowest BCUT2D eigenvalue weighted by Gasteiger charge is -2.33. The number of piperidine rings is 1. The summed E-state index contributed by atoms with van der Waals surface area (Å²) in [5.41, 5.74) is 3.74. The van der Waals surface area contributed by atoms with Gasteiger partial charge in [0.15, 0.2) is 0 Å². The largest absolute Gasteiger partial charge is 0.465 e. The molecule has 0 radical (unpaired) electrons. The number of hydrogen-bond donors (Lipinski definition) is 3. The Morgan fingerprint density at radius 2 is 2.14 bits per heavy atom. The van der Waals surface area contributed by atoms with Gasteiger partial charge in [-0.05, 0) is 74.7 Å². The van der Waals surface area contributed by atoms with Gasteiger partial charge in [0.1, 0.15) is 5.82 Å². The van der Waals surface area contributed by atoms with Crippen LogP contribution in [0, 0.1) is 18.7 Å². The van der Waals surface area contributed by atoms with Crippen LogP contribution in [0.1, 0.15) is 42.7 Å². The molecule has 0 aromatic heterocycles. The summed E-state index contributed by atoms with van der Waals surface area (Å²) in [6, 6.07) is 13.4. The van der Waals surface area contributed by atoms with Crippen molar-refractivity contribution in [3.63, 3.8) is 0 Å². The van der Waals surface area contributed by atoms with Crippen LogP contribution in [0.4, 0.5) is 9.18 Å². The van der Waals surface area contributed by atoms with Gasteiger partial charge in [0.2, 0.25) is 0 Å². The third-order valence-electron chi connectivity index (χ3n) is 5.62. The number of rotatable bonds is 7. The van der Waals surface area contributed by atoms with E-state index in [0.717, 1.165) is 55.5 Å². The van der Waals surface area contributed by atoms with Crippen molar-refractivity contribution in [2.24, 2.45) is 5.92 Å². The Labute approximate surface area is 166 Å². The van der Waals surface area contributed by atoms with Crippen LogP contribution in [-0.4, -0.2) is 30.8 Å². The zero-order chi connectivity index (χ0) is 19.9. The maximum atomic E-state index is 15.0. The minimum absolute atomic E-state index is 0.189. The molecule has 0 spiro atoms. The van der Waals surface area contributed by atoms with E-state index in [4.69, 9.17) is 5.11 Å². The quantitative estimate of drug-likeness (QED) is 0.593. The van der Waals surface area contributed by atoms with E-state index in [2.05, 4.69) is 10.6 Å². The van der Waals surface area contributed by atoms with Crippen LogP contribution in [0.5, 0.6) is 0 Å². The fourth-order valence-electron chi connectivity index (χ4n) is 4.34. The second kappa shape index (κ2) is 9.69. The lowest BCUT2D eigenvalue weighted by molar-refractivity contribution is 0.194. The van der Waals surface area contributed by atoms with Gasteiger partial charge >= 0.3 is 6.09 Å². The molecule has 0 aliphatic carbocycles. The molecular formula is C23H29FN2O2. The molecule has 1 aliphatic rings. The Morgan fingerprint density at radius 3 is 2.86 bits per heavy atom. The summed E-state index contributed by atoms with van der Waals surface area (Å²) >= 11 is 0. The number of amides is 1. The zero-order valence-corrected chi connectivity index (χ0v) is 16.4. The molecule has 0 saturated carbocycles. The average molecular weight is 384 g/mol. The molecule has 2 aromatic rings. The molecule has 3 rings (SSSR count). The third kappa shape index (κ3) is 5.10. The minimum Gasteiger partial charge on any atom is -0.465 e. The van der Waals surface area contributed by atoms with Gasteiger partial charge in [-0.3, -0.25) is 0 Å². The molecule has 28 heavy (non-hydrogen) atoms. The van der Waals surface area contributed by atoms with Gasteiger partial charge in [-0.2, -0.15) is 0 Å². The van der Waals surface area contributed by atoms with E-state index in [0.29, 0.717) is 18.0 Å². The molecule has 5 heteroatoms. The van der Waals surface area contributed by atoms with Crippen molar-refractivity contribution in [3.05, 3.63) is 59.4 Å². The van der Waals surface area contributed by atoms with Gasteiger partial charge in [-0.1, -0.05) is 42.0 Å². The Kier molecular flexibility index (Phi) is 7.04. The fourth-order valence-corrected chi connectivity index (χ4v) is 4.34. The molecule has 1 heterocycles. The average Bonchev–Trinajstić information content (AvgIpc) is 2.68. The number of carboxylic acid groups (broad SMARTS) is 1. The predicted octanol–water partition coefficient (Wildman–Crippen LogP) is 4.93. The standard InChI is InChI=1S/C23H29FN2O2/c1-16-6-2-7-17(14-16)22-20(9-3-11-21(22)24)19(10-5-13-26-23(27)28)18-8-4-12-25-15-18/h2-3,6-7,9,11,14,18-19,25-26H,4-5,8,10,12-13,15H2,1H3,(H,27,28)/t18-,19-/m1/s1. The van der Waals surface area contributed by atoms with Gasteiger partial charge in [0.25, 0.3) is 0 Å². The van der Waals surface area contributed by atoms with Crippen LogP contribution in [0.3, 0.4) is 0 Å². The highest BCUT2D eigenvalue weighted by Gasteiger charge is 2.28. The van der Waals surface area contributed by atoms with Crippen LogP contribution >= 0.6 is 0 Å². The Morgan fingerprint density at radius 1 is 1.32 bits per heavy atom. The van der Waals surface area contributed by atoms with Crippen LogP contribution in [0.25, 0.3) is 11.1 Å². The van der Waals surface area contributed by atoms with Crippen molar-refractivity contribution >= 4 is 6.09 Å². The van der Waals surface area contributed by atoms with E-state index in [9.17, 15) is 9.18 Å². The Hall–Kier alpha value is -2.40. The first-order valence-corrected chi connectivity index (χ1v) is 10.1. The molecule has 4 nitrogen and oxygen atoms in total. The van der Waals surface area contributed by atoms with Gasteiger partial charge in [-0.15, -0.1) is 0 Å². The normalized spacial score (nSPS) is 17.9. The minimum atomic E-state index is -0.998. The highest BCUT2D eigenvalue weighted by molar-refractivity contribution is 5.69. The second-order valence-corrected chi connectivity index (χ2v) is 7.66. The molecule has 1 aliphatic heterocycles. The SMILES string of the molecule is Cc1cccc(-c2c(F)cccc2[C@H](CCCNC(=O)O)[C@@H]2CCCNC2)c1. The molecule has 2 aromatic carbocycles. The molecule has 1 fully saturated rings. The van der Waals surface area contributed by atoms with E-state index >= 15 is 0 Å². The molecule has 2 atom stereocenters. The van der Waals surface area contributed by atoms with Crippen LogP contribution in [-0.2, 0) is 0 Å². The number of nitrogens with one attached hydrogen (secondary N) is 2. The smallest absolute Gasteiger partial charge is 0.404 e. The van der Waals surface area contributed by atoms with Crippen molar-refractivity contribution in [3.8, 4) is 11.1 Å². The van der Waals surface area contributed by atoms with Gasteiger partial charge in [0, 0.05) is 12.1 Å². The van der Waals surface area contributed by atoms with Crippen LogP contribution in [0.2, 0.25) is 0 Å². The number of benzene rings is 2. The molecule has 3 N–H and O–H groups in total. The lowest BCUT2D eigenvalue weighted by Crippen LogP contribution is -2.34. The highest BCUT2D eigenvalue weighted by atomic mass is 19.1. The van der Waals surface area contributed by atoms with E-state index in [1.807, 2.05) is 37.3 Å². The predicted molar refractivity (Wildman–Crippen MR) is 110 cm³/mol. The number of halogens is 1. The lowest BCUT2D eigenvalue weighted by atomic mass is 9.76. The molecule has 150 valence electrons. The maximum Gasteiger partial charge on any atom is 0.404 e. The topological polar surface area (TPSA) is 61.4 Å². The first kappa shape index (κ1) is 20.3. The monoisotopic (exact) mass is 384 g/mol. The van der Waals surface area contributed by atoms with Gasteiger partial charge in [0.05, 0.1) is 0 Å². The maximum absolute atomic E-state index is 15.0. The van der Waals surface area contributed by atoms with Crippen molar-refractivity contribution in [2.45, 2.75) is 38.5 Å². The summed E-state index contributed by atoms with van der Waals surface area (Å²) in [4.78, 5) is 10.8. The van der Waals surface area contributed by atoms with Crippen molar-refractivity contribution in [2.75, 3.05) is 19.6 Å². The Balaban J connectivity index is 1.94. The summed E-state index contributed by atoms with van der Waals surface area (Å²) in [6.07, 6.45) is 2.78. The van der Waals surface area contributed by atoms with Crippen molar-refractivity contribution in [1.82, 2.24) is 10.6 Å². The molecular weight excluding hydrogens is 355 g/mol. The summed E-state index contributed by atoms with van der Waals surface area (Å²) in [5, 5.41) is 14.7. The summed E-state index contributed by atoms with van der Waals surface area (Å²) in [5.74, 6) is 0.416. The van der Waals surface area contributed by atoms with E-state index < -0.39 is 6.09 Å². The Bertz CT molecular complexity index is 803. The summed E-state index contributed by atoms with van der Waals surface area (Å²) in [7, 11) is 0. The van der Waals surface area contributed by atoms with Crippen LogP contribution < -0.4 is 10.6 Å². The highest BCUT2D eigenvalue weighted by Crippen LogP contribution is 2.40. The van der Waals surface area contributed by atoms with E-state index in [-0.39, 0.29) is 11.7 Å². The second-order valence-electron chi connectivity index (χ2n) is 7.66. The fraction of sp³-hybridized carbons (Fsp3) is 0.435. The summed E-state index contributed by atoms with van der Waals surface area (Å²) < 4.78 is 15.0. The number of carbonyl (C=O) groups is 1. The first-order chi connectivity index (χ1) is 13.6. The van der Waals surface area contributed by atoms with Gasteiger partial charge < -0.3 is 15.7 Å². The molecule has 1 amide bonds. The first-order valence-electron chi connectivity index (χ1n) is 10.1. The van der Waals surface area contributed by atoms with Crippen LogP contribution in [0.15, 0.2) is 42.5 Å². The number of aryl methyl sites for hydroxylation is 1. The third-order valence-corrected chi connectivity index (χ3v) is 5.62. The van der Waals surface area contributed by atoms with Crippen molar-refractivity contribution in [1.29, 1.82) is 0 Å². The molecule has 0 unspecified atom stereocenters. The molecule has 1 saturated heterocycles. The zero-order valence-electron chi connectivity index (χ0n) is 16.4. The molecule has 0 bridgehead atoms. The summed E-state index contributed by atoms with van der Waals surface area (Å²) in [6.45, 7) is 4.38. The van der Waals surface area contributed by atoms with Gasteiger partial charge in [-0.25, -0.2) is 9.18 Å².